The maximum atomic E-state index is 13.3. The summed E-state index contributed by atoms with van der Waals surface area (Å²) in [6.07, 6.45) is 4.43. The number of carbonyl (C=O) groups is 1. The number of aromatic nitrogens is 4. The summed E-state index contributed by atoms with van der Waals surface area (Å²) in [6.45, 7) is -0.00843. The van der Waals surface area contributed by atoms with Gasteiger partial charge in [0, 0.05) is 18.1 Å². The molecule has 14 heteroatoms. The average Bonchev–Trinajstić information content (AvgIpc) is 3.08. The molecule has 234 valence electrons. The first-order valence-corrected chi connectivity index (χ1v) is 15.4. The summed E-state index contributed by atoms with van der Waals surface area (Å²) in [6, 6.07) is 25.8. The predicted octanol–water partition coefficient (Wildman–Crippen LogP) is 5.35. The number of hydrogen-bond acceptors (Lipinski definition) is 10. The van der Waals surface area contributed by atoms with Crippen molar-refractivity contribution in [2.24, 2.45) is 0 Å². The smallest absolute Gasteiger partial charge is 0.319 e. The van der Waals surface area contributed by atoms with Crippen LogP contribution in [0, 0.1) is 0 Å². The number of ether oxygens (including phenoxy) is 3. The van der Waals surface area contributed by atoms with Crippen molar-refractivity contribution in [2.75, 3.05) is 30.3 Å². The first-order chi connectivity index (χ1) is 22.4. The van der Waals surface area contributed by atoms with Gasteiger partial charge in [0.25, 0.3) is 15.9 Å². The Morgan fingerprint density at radius 3 is 2.22 bits per heavy atom. The predicted molar refractivity (Wildman–Crippen MR) is 173 cm³/mol. The van der Waals surface area contributed by atoms with Crippen molar-refractivity contribution >= 4 is 33.6 Å². The molecule has 0 aliphatic heterocycles. The molecule has 0 aliphatic rings. The van der Waals surface area contributed by atoms with Gasteiger partial charge in [-0.2, -0.15) is 4.98 Å². The number of benzene rings is 3. The van der Waals surface area contributed by atoms with E-state index in [-0.39, 0.29) is 48.0 Å². The molecule has 0 spiro atoms. The van der Waals surface area contributed by atoms with Crippen molar-refractivity contribution in [1.29, 1.82) is 0 Å². The van der Waals surface area contributed by atoms with Crippen molar-refractivity contribution in [3.63, 3.8) is 0 Å². The third kappa shape index (κ3) is 8.76. The van der Waals surface area contributed by atoms with Crippen LogP contribution in [0.3, 0.4) is 0 Å². The van der Waals surface area contributed by atoms with E-state index < -0.39 is 16.1 Å². The number of carbonyl (C=O) groups excluding carboxylic acids is 1. The van der Waals surface area contributed by atoms with Gasteiger partial charge in [0.1, 0.15) is 6.61 Å². The topological polar surface area (TPSA) is 167 Å². The lowest BCUT2D eigenvalue weighted by atomic mass is 10.2. The lowest BCUT2D eigenvalue weighted by Crippen LogP contribution is -2.32. The standard InChI is InChI=1S/C32H29N7O6S/c1-43-25-15-8-9-16-26(25)45-27-28(39-46(41,42)22-17-23-11-4-2-5-12-23)37-30(29-33-18-10-19-34-29)38-31(27)44-21-20-35-32(40)36-24-13-6-3-7-14-24/h2-19,22H,20-21H2,1H3,(H2,35,36,40)(H,37,38,39)/b22-17+. The highest BCUT2D eigenvalue weighted by molar-refractivity contribution is 7.95. The van der Waals surface area contributed by atoms with Gasteiger partial charge in [-0.05, 0) is 42.0 Å². The molecule has 0 radical (unpaired) electrons. The number of methoxy groups -OCH3 is 1. The van der Waals surface area contributed by atoms with E-state index in [9.17, 15) is 13.2 Å². The van der Waals surface area contributed by atoms with Crippen LogP contribution in [0.4, 0.5) is 16.3 Å². The Bertz CT molecular complexity index is 1900. The maximum absolute atomic E-state index is 13.3. The second-order valence-electron chi connectivity index (χ2n) is 9.31. The second-order valence-corrected chi connectivity index (χ2v) is 10.9. The molecule has 0 saturated carbocycles. The number of rotatable bonds is 13. The van der Waals surface area contributed by atoms with Crippen LogP contribution in [0.1, 0.15) is 5.56 Å². The fourth-order valence-corrected chi connectivity index (χ4v) is 4.74. The minimum absolute atomic E-state index is 0.0394. The number of nitrogens with zero attached hydrogens (tertiary/aromatic N) is 4. The van der Waals surface area contributed by atoms with Crippen LogP contribution in [-0.2, 0) is 10.0 Å². The van der Waals surface area contributed by atoms with Crippen LogP contribution in [0.5, 0.6) is 23.1 Å². The summed E-state index contributed by atoms with van der Waals surface area (Å²) in [7, 11) is -2.67. The Morgan fingerprint density at radius 1 is 0.826 bits per heavy atom. The molecule has 3 N–H and O–H groups in total. The molecular formula is C32H29N7O6S. The van der Waals surface area contributed by atoms with E-state index in [0.29, 0.717) is 17.0 Å². The zero-order valence-electron chi connectivity index (χ0n) is 24.5. The Morgan fingerprint density at radius 2 is 1.50 bits per heavy atom. The fourth-order valence-electron chi connectivity index (χ4n) is 3.93. The van der Waals surface area contributed by atoms with Crippen LogP contribution in [0.2, 0.25) is 0 Å². The summed E-state index contributed by atoms with van der Waals surface area (Å²) < 4.78 is 46.6. The van der Waals surface area contributed by atoms with E-state index in [1.807, 2.05) is 12.1 Å². The van der Waals surface area contributed by atoms with Gasteiger partial charge in [-0.15, -0.1) is 0 Å². The fraction of sp³-hybridized carbons (Fsp3) is 0.0938. The normalized spacial score (nSPS) is 11.1. The van der Waals surface area contributed by atoms with Gasteiger partial charge in [-0.1, -0.05) is 60.7 Å². The Kier molecular flexibility index (Phi) is 10.3. The lowest BCUT2D eigenvalue weighted by Gasteiger charge is -2.17. The largest absolute Gasteiger partial charge is 0.493 e. The molecule has 0 unspecified atom stereocenters. The SMILES string of the molecule is COc1ccccc1Oc1c(NS(=O)(=O)/C=C/c2ccccc2)nc(-c2ncccn2)nc1OCCNC(=O)Nc1ccccc1. The summed E-state index contributed by atoms with van der Waals surface area (Å²) in [5.74, 6) is 0.127. The van der Waals surface area contributed by atoms with Crippen molar-refractivity contribution in [3.8, 4) is 34.8 Å². The number of sulfonamides is 1. The molecule has 0 saturated heterocycles. The molecule has 5 rings (SSSR count). The van der Waals surface area contributed by atoms with Gasteiger partial charge in [-0.25, -0.2) is 28.2 Å². The highest BCUT2D eigenvalue weighted by atomic mass is 32.2. The van der Waals surface area contributed by atoms with E-state index >= 15 is 0 Å². The number of para-hydroxylation sites is 3. The summed E-state index contributed by atoms with van der Waals surface area (Å²) in [5, 5.41) is 6.42. The Labute approximate surface area is 265 Å². The molecule has 2 heterocycles. The first-order valence-electron chi connectivity index (χ1n) is 13.9. The monoisotopic (exact) mass is 639 g/mol. The number of urea groups is 1. The molecule has 0 fully saturated rings. The second kappa shape index (κ2) is 15.1. The van der Waals surface area contributed by atoms with Gasteiger partial charge >= 0.3 is 6.03 Å². The molecule has 0 atom stereocenters. The quantitative estimate of drug-likeness (QED) is 0.143. The molecular weight excluding hydrogens is 610 g/mol. The van der Waals surface area contributed by atoms with Crippen LogP contribution < -0.4 is 29.6 Å². The number of nitrogens with one attached hydrogen (secondary N) is 3. The van der Waals surface area contributed by atoms with E-state index in [2.05, 4.69) is 35.3 Å². The highest BCUT2D eigenvalue weighted by Crippen LogP contribution is 2.41. The van der Waals surface area contributed by atoms with Crippen molar-refractivity contribution in [2.45, 2.75) is 0 Å². The van der Waals surface area contributed by atoms with Crippen LogP contribution in [0.25, 0.3) is 17.7 Å². The molecule has 2 amide bonds. The van der Waals surface area contributed by atoms with Crippen molar-refractivity contribution in [1.82, 2.24) is 25.3 Å². The van der Waals surface area contributed by atoms with E-state index in [1.165, 1.54) is 25.6 Å². The molecule has 2 aromatic heterocycles. The van der Waals surface area contributed by atoms with Gasteiger partial charge in [-0.3, -0.25) is 4.72 Å². The van der Waals surface area contributed by atoms with Gasteiger partial charge in [0.15, 0.2) is 23.1 Å². The number of hydrogen-bond donors (Lipinski definition) is 3. The van der Waals surface area contributed by atoms with Crippen molar-refractivity contribution in [3.05, 3.63) is 114 Å². The molecule has 3 aromatic carbocycles. The zero-order chi connectivity index (χ0) is 32.2. The van der Waals surface area contributed by atoms with Gasteiger partial charge in [0.05, 0.1) is 19.1 Å². The third-order valence-electron chi connectivity index (χ3n) is 6.02. The van der Waals surface area contributed by atoms with Crippen LogP contribution in [-0.4, -0.2) is 54.6 Å². The average molecular weight is 640 g/mol. The minimum Gasteiger partial charge on any atom is -0.493 e. The molecule has 13 nitrogen and oxygen atoms in total. The molecule has 5 aromatic rings. The number of anilines is 2. The van der Waals surface area contributed by atoms with E-state index in [1.54, 1.807) is 78.9 Å². The summed E-state index contributed by atoms with van der Waals surface area (Å²) in [4.78, 5) is 29.6. The van der Waals surface area contributed by atoms with Crippen LogP contribution in [0.15, 0.2) is 109 Å². The molecule has 0 bridgehead atoms. The van der Waals surface area contributed by atoms with Crippen molar-refractivity contribution < 1.29 is 27.4 Å². The Hall–Kier alpha value is -6.02. The third-order valence-corrected chi connectivity index (χ3v) is 6.99. The number of amides is 2. The molecule has 46 heavy (non-hydrogen) atoms. The summed E-state index contributed by atoms with van der Waals surface area (Å²) >= 11 is 0. The lowest BCUT2D eigenvalue weighted by molar-refractivity contribution is 0.245. The van der Waals surface area contributed by atoms with E-state index in [4.69, 9.17) is 14.2 Å². The minimum atomic E-state index is -4.14. The van der Waals surface area contributed by atoms with E-state index in [0.717, 1.165) is 5.41 Å². The zero-order valence-corrected chi connectivity index (χ0v) is 25.3. The Balaban J connectivity index is 1.47. The van der Waals surface area contributed by atoms with Crippen LogP contribution >= 0.6 is 0 Å². The summed E-state index contributed by atoms with van der Waals surface area (Å²) in [5.41, 5.74) is 1.29. The first kappa shape index (κ1) is 31.4. The maximum Gasteiger partial charge on any atom is 0.319 e. The van der Waals surface area contributed by atoms with Gasteiger partial charge in [0.2, 0.25) is 11.6 Å². The van der Waals surface area contributed by atoms with Gasteiger partial charge < -0.3 is 24.8 Å². The molecule has 0 aliphatic carbocycles. The highest BCUT2D eigenvalue weighted by Gasteiger charge is 2.24.